The maximum Gasteiger partial charge on any atom is 2.00 e. The van der Waals surface area contributed by atoms with Gasteiger partial charge in [-0.15, -0.1) is 27.8 Å². The normalized spacial score (nSPS) is 24.3. The van der Waals surface area contributed by atoms with Crippen molar-refractivity contribution < 1.29 is 28.7 Å². The van der Waals surface area contributed by atoms with E-state index in [4.69, 9.17) is 30.1 Å². The van der Waals surface area contributed by atoms with E-state index in [1.807, 2.05) is 32.1 Å². The summed E-state index contributed by atoms with van der Waals surface area (Å²) in [5.41, 5.74) is 7.50. The van der Waals surface area contributed by atoms with Crippen molar-refractivity contribution in [3.8, 4) is 0 Å². The van der Waals surface area contributed by atoms with Crippen molar-refractivity contribution in [3.63, 3.8) is 0 Å². The Morgan fingerprint density at radius 3 is 1.98 bits per heavy atom. The minimum Gasteiger partial charge on any atom is -0.681 e. The molecule has 356 valence electrons. The molecule has 0 aromatic carbocycles. The number of allylic oxidation sites excluding steroid dienone is 3. The number of carbonyl (C=O) groups excluding carboxylic acids is 4. The van der Waals surface area contributed by atoms with Crippen LogP contribution in [-0.2, 0) is 19.1 Å². The summed E-state index contributed by atoms with van der Waals surface area (Å²) in [7, 11) is 1.29. The van der Waals surface area contributed by atoms with Crippen LogP contribution >= 0.6 is 0 Å². The molecular weight excluding hydrogens is 837 g/mol. The molecule has 1 fully saturated rings. The van der Waals surface area contributed by atoms with E-state index in [1.54, 1.807) is 6.92 Å². The monoisotopic (exact) mass is 913 g/mol. The van der Waals surface area contributed by atoms with Crippen LogP contribution in [0.4, 0.5) is 0 Å². The van der Waals surface area contributed by atoms with Crippen LogP contribution in [0.15, 0.2) is 22.7 Å². The fraction of sp³-hybridized carbons (Fsp3) is 0.636. The minimum absolute atomic E-state index is 0. The molecule has 66 heavy (non-hydrogen) atoms. The molecule has 0 N–H and O–H groups in total. The van der Waals surface area contributed by atoms with Gasteiger partial charge in [-0.3, -0.25) is 19.2 Å². The molecule has 2 unspecified atom stereocenters. The zero-order valence-corrected chi connectivity index (χ0v) is 43.7. The van der Waals surface area contributed by atoms with Crippen LogP contribution < -0.4 is 20.7 Å². The minimum atomic E-state index is -1.21. The van der Waals surface area contributed by atoms with Crippen molar-refractivity contribution in [2.45, 2.75) is 166 Å². The number of nitrogens with zero attached hydrogens (tertiary/aromatic N) is 4. The van der Waals surface area contributed by atoms with Crippen molar-refractivity contribution in [2.24, 2.45) is 47.3 Å². The molecule has 5 heterocycles. The van der Waals surface area contributed by atoms with E-state index in [2.05, 4.69) is 55.4 Å². The summed E-state index contributed by atoms with van der Waals surface area (Å²) < 4.78 is 11.1. The van der Waals surface area contributed by atoms with E-state index in [9.17, 15) is 19.2 Å². The number of hydrogen-bond donors (Lipinski definition) is 0. The first kappa shape index (κ1) is 53.1. The SMILES string of the molecule is CCC1=C2/C=c3\[n-]c4c(c3C)C(=O)[C@H](C(=O)OC)C=4C3[N-]/C(=C\c4[n-]c(c(C(C)=O)c4C)/C=C(\[N-]2)[C@@H]1C)[C@@H](C)[C@@H]3CCC(=O)OCCC(C)CCC[C@@H](C)CCC[C@H](C)CCCC(C)C.[Mg+2]. The summed E-state index contributed by atoms with van der Waals surface area (Å²) >= 11 is 0. The van der Waals surface area contributed by atoms with Gasteiger partial charge in [0.2, 0.25) is 0 Å². The molecule has 8 bridgehead atoms. The number of ether oxygens (including phenoxy) is 2. The van der Waals surface area contributed by atoms with Crippen LogP contribution in [0, 0.1) is 61.2 Å². The van der Waals surface area contributed by atoms with Crippen LogP contribution in [-0.4, -0.2) is 66.3 Å². The standard InChI is InChI=1S/C55H77N4O6.Mg/c1-13-39-34(7)41-29-46-48(38(11)60)36(9)43(57-46)27-42-35(8)40(52(58-42)50-51(55(63)64-12)54(62)49-37(10)44(59-53(49)50)28-45(39)56-41)23-24-47(61)65-26-25-33(6)22-16-21-32(5)20-15-19-31(4)18-14-17-30(2)3;/h27-35,40,51-52H,13-26H2,1-12H3,(H-,56,57,60);/q-3;+2/p-1/b42-27-,44-28-;/t31-,32+,33?,34-,35+,40+,51-,52?;/m1./s1. The number of methoxy groups -OCH3 is 1. The van der Waals surface area contributed by atoms with Crippen molar-refractivity contribution in [2.75, 3.05) is 13.7 Å². The molecule has 4 aliphatic rings. The van der Waals surface area contributed by atoms with Gasteiger partial charge in [-0.25, -0.2) is 0 Å². The first-order chi connectivity index (χ1) is 30.9. The molecule has 2 aromatic rings. The topological polar surface area (TPSA) is 143 Å². The third-order valence-corrected chi connectivity index (χ3v) is 15.1. The van der Waals surface area contributed by atoms with Gasteiger partial charge in [0.1, 0.15) is 5.92 Å². The molecule has 0 amide bonds. The number of ketones is 2. The number of carbonyl (C=O) groups is 4. The van der Waals surface area contributed by atoms with Gasteiger partial charge >= 0.3 is 35.0 Å². The maximum absolute atomic E-state index is 14.4. The fourth-order valence-corrected chi connectivity index (χ4v) is 10.9. The van der Waals surface area contributed by atoms with Gasteiger partial charge in [0.15, 0.2) is 11.6 Å². The summed E-state index contributed by atoms with van der Waals surface area (Å²) in [4.78, 5) is 64.8. The molecule has 0 radical (unpaired) electrons. The molecule has 10 nitrogen and oxygen atoms in total. The number of esters is 2. The summed E-state index contributed by atoms with van der Waals surface area (Å²) in [6.45, 7) is 23.6. The molecule has 8 atom stereocenters. The first-order valence-corrected chi connectivity index (χ1v) is 24.9. The molecule has 2 aromatic heterocycles. The number of hydrogen-bond acceptors (Lipinski definition) is 6. The van der Waals surface area contributed by atoms with Crippen molar-refractivity contribution in [3.05, 3.63) is 77.6 Å². The van der Waals surface area contributed by atoms with E-state index >= 15 is 0 Å². The predicted molar refractivity (Wildman–Crippen MR) is 266 cm³/mol. The second-order valence-corrected chi connectivity index (χ2v) is 20.5. The number of aromatic nitrogens is 2. The molecule has 0 saturated carbocycles. The van der Waals surface area contributed by atoms with Crippen LogP contribution in [0.2, 0.25) is 0 Å². The van der Waals surface area contributed by atoms with Gasteiger partial charge in [0.05, 0.1) is 13.7 Å². The smallest absolute Gasteiger partial charge is 0.681 e. The number of fused-ring (bicyclic) bond motifs is 8. The van der Waals surface area contributed by atoms with E-state index in [0.717, 1.165) is 59.5 Å². The summed E-state index contributed by atoms with van der Waals surface area (Å²) in [5.74, 6) is -0.245. The van der Waals surface area contributed by atoms with E-state index in [-0.39, 0.29) is 64.8 Å². The molecule has 0 spiro atoms. The Morgan fingerprint density at radius 1 is 0.788 bits per heavy atom. The largest absolute Gasteiger partial charge is 2.00 e. The Hall–Kier alpha value is -3.83. The average molecular weight is 914 g/mol. The van der Waals surface area contributed by atoms with E-state index in [1.165, 1.54) is 58.5 Å². The molecule has 11 heteroatoms. The Balaban J connectivity index is 0.00000817. The Bertz CT molecular complexity index is 2330. The maximum atomic E-state index is 14.4. The van der Waals surface area contributed by atoms with Gasteiger partial charge in [0.25, 0.3) is 0 Å². The van der Waals surface area contributed by atoms with Crippen molar-refractivity contribution in [1.82, 2.24) is 9.97 Å². The van der Waals surface area contributed by atoms with Gasteiger partial charge in [-0.05, 0) is 81.5 Å². The molecule has 1 aliphatic carbocycles. The fourth-order valence-electron chi connectivity index (χ4n) is 10.9. The predicted octanol–water partition coefficient (Wildman–Crippen LogP) is 10.8. The van der Waals surface area contributed by atoms with Crippen LogP contribution in [0.3, 0.4) is 0 Å². The Morgan fingerprint density at radius 2 is 1.39 bits per heavy atom. The van der Waals surface area contributed by atoms with Crippen LogP contribution in [0.1, 0.15) is 189 Å². The van der Waals surface area contributed by atoms with Crippen LogP contribution in [0.25, 0.3) is 34.4 Å². The molecular formula is C55H76MgN4O6-2. The van der Waals surface area contributed by atoms with E-state index in [0.29, 0.717) is 69.0 Å². The summed E-state index contributed by atoms with van der Waals surface area (Å²) in [6.07, 6.45) is 19.5. The van der Waals surface area contributed by atoms with Gasteiger partial charge < -0.3 is 30.1 Å². The first-order valence-electron chi connectivity index (χ1n) is 24.9. The average Bonchev–Trinajstić information content (AvgIpc) is 4.00. The second kappa shape index (κ2) is 23.5. The molecule has 3 aliphatic heterocycles. The van der Waals surface area contributed by atoms with Crippen molar-refractivity contribution >= 4 is 70.4 Å². The van der Waals surface area contributed by atoms with Gasteiger partial charge in [0, 0.05) is 17.5 Å². The third kappa shape index (κ3) is 11.9. The molecule has 6 rings (SSSR count). The Labute approximate surface area is 411 Å². The zero-order chi connectivity index (χ0) is 47.3. The molecule has 1 saturated heterocycles. The van der Waals surface area contributed by atoms with Gasteiger partial charge in [-0.2, -0.15) is 11.4 Å². The van der Waals surface area contributed by atoms with Crippen molar-refractivity contribution in [1.29, 1.82) is 0 Å². The van der Waals surface area contributed by atoms with Gasteiger partial charge in [-0.1, -0.05) is 160 Å². The summed E-state index contributed by atoms with van der Waals surface area (Å²) in [5, 5.41) is 11.4. The Kier molecular flexibility index (Phi) is 18.9. The van der Waals surface area contributed by atoms with Crippen LogP contribution in [0.5, 0.6) is 0 Å². The summed E-state index contributed by atoms with van der Waals surface area (Å²) in [6, 6.07) is -0.649. The second-order valence-electron chi connectivity index (χ2n) is 20.5. The third-order valence-electron chi connectivity index (χ3n) is 15.1. The quantitative estimate of drug-likeness (QED) is 0.0521. The zero-order valence-electron chi connectivity index (χ0n) is 42.3. The number of Topliss-reactive ketones (excluding diaryl/α,β-unsaturated/α-hetero) is 2. The van der Waals surface area contributed by atoms with E-state index < -0.39 is 17.9 Å². The number of rotatable bonds is 21.